The van der Waals surface area contributed by atoms with Crippen molar-refractivity contribution in [1.29, 1.82) is 0 Å². The molecule has 0 aliphatic carbocycles. The van der Waals surface area contributed by atoms with Gasteiger partial charge in [0, 0.05) is 19.2 Å². The number of carbonyl (C=O) groups is 1. The molecule has 0 saturated carbocycles. The van der Waals surface area contributed by atoms with Crippen LogP contribution >= 0.6 is 0 Å². The average Bonchev–Trinajstić information content (AvgIpc) is 2.66. The van der Waals surface area contributed by atoms with Crippen molar-refractivity contribution in [1.82, 2.24) is 10.3 Å². The number of nitro groups is 1. The summed E-state index contributed by atoms with van der Waals surface area (Å²) in [4.78, 5) is 23.4. The number of aliphatic hydroxyl groups is 1. The van der Waals surface area contributed by atoms with E-state index in [1.54, 1.807) is 0 Å². The monoisotopic (exact) mass is 213 g/mol. The Morgan fingerprint density at radius 1 is 1.60 bits per heavy atom. The summed E-state index contributed by atoms with van der Waals surface area (Å²) in [6.07, 6.45) is 0.453. The minimum atomic E-state index is -0.607. The molecule has 3 N–H and O–H groups in total. The maximum Gasteiger partial charge on any atom is 0.321 e. The fourth-order valence-electron chi connectivity index (χ4n) is 0.999. The molecule has 0 fully saturated rings. The summed E-state index contributed by atoms with van der Waals surface area (Å²) in [5, 5.41) is 21.3. The van der Waals surface area contributed by atoms with E-state index in [1.165, 1.54) is 12.1 Å². The molecule has 1 aromatic rings. The molecule has 0 unspecified atom stereocenters. The number of H-pyrrole nitrogens is 1. The second-order valence-corrected chi connectivity index (χ2v) is 2.85. The fraction of sp³-hybridized carbons (Fsp3) is 0.375. The van der Waals surface area contributed by atoms with Crippen molar-refractivity contribution in [3.05, 3.63) is 27.9 Å². The van der Waals surface area contributed by atoms with E-state index in [9.17, 15) is 14.9 Å². The number of nitrogens with one attached hydrogen (secondary N) is 2. The summed E-state index contributed by atoms with van der Waals surface area (Å²) in [5.74, 6) is -0.640. The molecule has 15 heavy (non-hydrogen) atoms. The Kier molecular flexibility index (Phi) is 3.81. The third kappa shape index (κ3) is 3.06. The zero-order valence-corrected chi connectivity index (χ0v) is 7.90. The van der Waals surface area contributed by atoms with Crippen molar-refractivity contribution in [2.45, 2.75) is 6.42 Å². The molecule has 0 spiro atoms. The number of carbonyl (C=O) groups excluding carboxylic acids is 1. The molecule has 7 nitrogen and oxygen atoms in total. The van der Waals surface area contributed by atoms with Crippen LogP contribution in [0.3, 0.4) is 0 Å². The first-order chi connectivity index (χ1) is 7.15. The van der Waals surface area contributed by atoms with Gasteiger partial charge in [0.15, 0.2) is 5.69 Å². The van der Waals surface area contributed by atoms with Gasteiger partial charge in [0.05, 0.1) is 0 Å². The molecule has 0 atom stereocenters. The Morgan fingerprint density at radius 3 is 2.87 bits per heavy atom. The van der Waals surface area contributed by atoms with E-state index in [2.05, 4.69) is 10.3 Å². The molecular formula is C8H11N3O4. The van der Waals surface area contributed by atoms with Crippen molar-refractivity contribution in [3.63, 3.8) is 0 Å². The summed E-state index contributed by atoms with van der Waals surface area (Å²) in [6, 6.07) is 2.56. The van der Waals surface area contributed by atoms with Crippen LogP contribution in [-0.2, 0) is 0 Å². The van der Waals surface area contributed by atoms with Gasteiger partial charge in [-0.1, -0.05) is 0 Å². The number of aromatic nitrogens is 1. The lowest BCUT2D eigenvalue weighted by atomic mass is 10.4. The molecule has 0 bridgehead atoms. The van der Waals surface area contributed by atoms with Crippen molar-refractivity contribution < 1.29 is 14.8 Å². The molecule has 1 aromatic heterocycles. The topological polar surface area (TPSA) is 108 Å². The number of nitrogens with zero attached hydrogens (tertiary/aromatic N) is 1. The Balaban J connectivity index is 2.54. The van der Waals surface area contributed by atoms with Gasteiger partial charge in [-0.05, 0) is 17.4 Å². The van der Waals surface area contributed by atoms with Crippen LogP contribution < -0.4 is 5.32 Å². The Labute approximate surface area is 85.3 Å². The SMILES string of the molecule is O=C(NCCCO)c1ccc([N+](=O)[O-])[nH]1. The largest absolute Gasteiger partial charge is 0.396 e. The summed E-state index contributed by atoms with van der Waals surface area (Å²) in [7, 11) is 0. The van der Waals surface area contributed by atoms with E-state index in [4.69, 9.17) is 5.11 Å². The number of amides is 1. The van der Waals surface area contributed by atoms with Gasteiger partial charge in [0.1, 0.15) is 0 Å². The number of hydrogen-bond acceptors (Lipinski definition) is 4. The van der Waals surface area contributed by atoms with Gasteiger partial charge < -0.3 is 20.5 Å². The predicted molar refractivity (Wildman–Crippen MR) is 51.5 cm³/mol. The Hall–Kier alpha value is -1.89. The summed E-state index contributed by atoms with van der Waals surface area (Å²) in [5.41, 5.74) is 0.139. The molecule has 0 saturated heterocycles. The zero-order chi connectivity index (χ0) is 11.3. The van der Waals surface area contributed by atoms with Crippen molar-refractivity contribution >= 4 is 11.7 Å². The molecule has 1 amide bonds. The Morgan fingerprint density at radius 2 is 2.33 bits per heavy atom. The first-order valence-electron chi connectivity index (χ1n) is 4.37. The van der Waals surface area contributed by atoms with Crippen LogP contribution in [-0.4, -0.2) is 34.1 Å². The van der Waals surface area contributed by atoms with Crippen molar-refractivity contribution in [2.75, 3.05) is 13.2 Å². The van der Waals surface area contributed by atoms with E-state index < -0.39 is 10.8 Å². The van der Waals surface area contributed by atoms with Gasteiger partial charge in [-0.2, -0.15) is 0 Å². The maximum atomic E-state index is 11.3. The second-order valence-electron chi connectivity index (χ2n) is 2.85. The smallest absolute Gasteiger partial charge is 0.321 e. The third-order valence-electron chi connectivity index (χ3n) is 1.73. The minimum absolute atomic E-state index is 0.00878. The third-order valence-corrected chi connectivity index (χ3v) is 1.73. The van der Waals surface area contributed by atoms with Gasteiger partial charge >= 0.3 is 5.82 Å². The lowest BCUT2D eigenvalue weighted by molar-refractivity contribution is -0.389. The van der Waals surface area contributed by atoms with E-state index in [1.807, 2.05) is 0 Å². The van der Waals surface area contributed by atoms with Crippen molar-refractivity contribution in [2.24, 2.45) is 0 Å². The standard InChI is InChI=1S/C8H11N3O4/c12-5-1-4-9-8(13)6-2-3-7(10-6)11(14)15/h2-3,10,12H,1,4-5H2,(H,9,13). The fourth-order valence-corrected chi connectivity index (χ4v) is 0.999. The van der Waals surface area contributed by atoms with E-state index in [0.717, 1.165) is 0 Å². The van der Waals surface area contributed by atoms with Gasteiger partial charge in [-0.25, -0.2) is 4.98 Å². The quantitative estimate of drug-likeness (QED) is 0.364. The summed E-state index contributed by atoms with van der Waals surface area (Å²) < 4.78 is 0. The van der Waals surface area contributed by atoms with E-state index >= 15 is 0 Å². The normalized spacial score (nSPS) is 9.93. The van der Waals surface area contributed by atoms with Crippen LogP contribution in [0.25, 0.3) is 0 Å². The number of rotatable bonds is 5. The minimum Gasteiger partial charge on any atom is -0.396 e. The van der Waals surface area contributed by atoms with Gasteiger partial charge in [0.25, 0.3) is 5.91 Å². The maximum absolute atomic E-state index is 11.3. The summed E-state index contributed by atoms with van der Waals surface area (Å²) in [6.45, 7) is 0.327. The first-order valence-corrected chi connectivity index (χ1v) is 4.37. The second kappa shape index (κ2) is 5.11. The highest BCUT2D eigenvalue weighted by Gasteiger charge is 2.14. The molecule has 0 radical (unpaired) electrons. The van der Waals surface area contributed by atoms with Gasteiger partial charge in [-0.3, -0.25) is 4.79 Å². The lowest BCUT2D eigenvalue weighted by Crippen LogP contribution is -2.25. The van der Waals surface area contributed by atoms with E-state index in [-0.39, 0.29) is 18.1 Å². The summed E-state index contributed by atoms with van der Waals surface area (Å²) >= 11 is 0. The van der Waals surface area contributed by atoms with Gasteiger partial charge in [-0.15, -0.1) is 0 Å². The number of aromatic amines is 1. The highest BCUT2D eigenvalue weighted by atomic mass is 16.6. The number of hydrogen-bond donors (Lipinski definition) is 3. The molecule has 1 rings (SSSR count). The van der Waals surface area contributed by atoms with Crippen LogP contribution in [0.15, 0.2) is 12.1 Å². The van der Waals surface area contributed by atoms with Crippen molar-refractivity contribution in [3.8, 4) is 0 Å². The van der Waals surface area contributed by atoms with E-state index in [0.29, 0.717) is 13.0 Å². The van der Waals surface area contributed by atoms with Crippen LogP contribution in [0.4, 0.5) is 5.82 Å². The molecule has 0 aliphatic rings. The number of aliphatic hydroxyl groups excluding tert-OH is 1. The van der Waals surface area contributed by atoms with Crippen LogP contribution in [0.1, 0.15) is 16.9 Å². The van der Waals surface area contributed by atoms with Crippen LogP contribution in [0.5, 0.6) is 0 Å². The zero-order valence-electron chi connectivity index (χ0n) is 7.90. The average molecular weight is 213 g/mol. The van der Waals surface area contributed by atoms with Gasteiger partial charge in [0.2, 0.25) is 0 Å². The molecule has 0 aromatic carbocycles. The highest BCUT2D eigenvalue weighted by Crippen LogP contribution is 2.09. The molecular weight excluding hydrogens is 202 g/mol. The molecule has 1 heterocycles. The Bertz CT molecular complexity index is 361. The predicted octanol–water partition coefficient (Wildman–Crippen LogP) is 0.0351. The van der Waals surface area contributed by atoms with Crippen LogP contribution in [0.2, 0.25) is 0 Å². The van der Waals surface area contributed by atoms with Crippen LogP contribution in [0, 0.1) is 10.1 Å². The molecule has 82 valence electrons. The molecule has 7 heteroatoms. The highest BCUT2D eigenvalue weighted by molar-refractivity contribution is 5.92. The lowest BCUT2D eigenvalue weighted by Gasteiger charge is -1.99. The first kappa shape index (κ1) is 11.2. The molecule has 0 aliphatic heterocycles.